The lowest BCUT2D eigenvalue weighted by Crippen LogP contribution is -1.92. The van der Waals surface area contributed by atoms with E-state index in [1.807, 2.05) is 0 Å². The minimum atomic E-state index is 0.525. The van der Waals surface area contributed by atoms with Crippen molar-refractivity contribution >= 4 is 0 Å². The summed E-state index contributed by atoms with van der Waals surface area (Å²) in [5.41, 5.74) is 8.24. The van der Waals surface area contributed by atoms with Gasteiger partial charge in [0.2, 0.25) is 0 Å². The summed E-state index contributed by atoms with van der Waals surface area (Å²) in [4.78, 5) is 0. The molecule has 2 aliphatic carbocycles. The van der Waals surface area contributed by atoms with Crippen LogP contribution in [0.4, 0.5) is 0 Å². The molecule has 0 spiro atoms. The maximum Gasteiger partial charge on any atom is -0.00200 e. The molecule has 1 atom stereocenters. The summed E-state index contributed by atoms with van der Waals surface area (Å²) in [5.74, 6) is 0.525. The molecule has 0 radical (unpaired) electrons. The molecule has 0 aromatic heterocycles. The Morgan fingerprint density at radius 3 is 2.77 bits per heavy atom. The van der Waals surface area contributed by atoms with Gasteiger partial charge >= 0.3 is 0 Å². The summed E-state index contributed by atoms with van der Waals surface area (Å²) in [6.07, 6.45) is 14.5. The molecule has 0 N–H and O–H groups in total. The van der Waals surface area contributed by atoms with Gasteiger partial charge in [-0.15, -0.1) is 0 Å². The lowest BCUT2D eigenvalue weighted by atomic mass is 9.97. The molecule has 2 aliphatic rings. The highest BCUT2D eigenvalue weighted by Gasteiger charge is 2.18. The second kappa shape index (κ2) is 6.36. The van der Waals surface area contributed by atoms with Gasteiger partial charge in [-0.2, -0.15) is 0 Å². The quantitative estimate of drug-likeness (QED) is 0.649. The van der Waals surface area contributed by atoms with Gasteiger partial charge in [-0.05, 0) is 54.4 Å². The molecule has 0 fully saturated rings. The molecular weight excluding hydrogens is 264 g/mol. The van der Waals surface area contributed by atoms with Crippen molar-refractivity contribution in [2.75, 3.05) is 0 Å². The molecule has 0 bridgehead atoms. The van der Waals surface area contributed by atoms with Crippen LogP contribution in [0, 0.1) is 12.8 Å². The minimum Gasteiger partial charge on any atom is -0.0955 e. The van der Waals surface area contributed by atoms with E-state index in [1.165, 1.54) is 33.4 Å². The summed E-state index contributed by atoms with van der Waals surface area (Å²) in [5, 5.41) is 0. The fourth-order valence-electron chi connectivity index (χ4n) is 3.09. The van der Waals surface area contributed by atoms with Crippen molar-refractivity contribution in [3.05, 3.63) is 94.6 Å². The predicted octanol–water partition coefficient (Wildman–Crippen LogP) is 5.87. The third-order valence-corrected chi connectivity index (χ3v) is 4.53. The Labute approximate surface area is 134 Å². The first kappa shape index (κ1) is 14.8. The number of aryl methyl sites for hydroxylation is 2. The fourth-order valence-corrected chi connectivity index (χ4v) is 3.09. The van der Waals surface area contributed by atoms with Crippen molar-refractivity contribution in [3.8, 4) is 0 Å². The molecule has 0 heterocycles. The predicted molar refractivity (Wildman–Crippen MR) is 95.8 cm³/mol. The van der Waals surface area contributed by atoms with Crippen LogP contribution in [-0.4, -0.2) is 0 Å². The highest BCUT2D eigenvalue weighted by atomic mass is 14.2. The van der Waals surface area contributed by atoms with Crippen LogP contribution >= 0.6 is 0 Å². The van der Waals surface area contributed by atoms with Crippen LogP contribution in [0.25, 0.3) is 0 Å². The van der Waals surface area contributed by atoms with E-state index in [9.17, 15) is 0 Å². The average Bonchev–Trinajstić information content (AvgIpc) is 2.81. The Morgan fingerprint density at radius 1 is 1.23 bits per heavy atom. The molecule has 0 aliphatic heterocycles. The zero-order valence-corrected chi connectivity index (χ0v) is 13.6. The van der Waals surface area contributed by atoms with Crippen LogP contribution < -0.4 is 0 Å². The highest BCUT2D eigenvalue weighted by molar-refractivity contribution is 5.57. The van der Waals surface area contributed by atoms with Gasteiger partial charge in [-0.3, -0.25) is 0 Å². The van der Waals surface area contributed by atoms with Crippen molar-refractivity contribution in [2.45, 2.75) is 33.1 Å². The Balaban J connectivity index is 1.65. The number of rotatable bonds is 4. The summed E-state index contributed by atoms with van der Waals surface area (Å²) in [6, 6.07) is 8.84. The second-order valence-electron chi connectivity index (χ2n) is 6.49. The Bertz CT molecular complexity index is 690. The van der Waals surface area contributed by atoms with E-state index in [0.29, 0.717) is 5.92 Å². The van der Waals surface area contributed by atoms with E-state index in [4.69, 9.17) is 0 Å². The molecule has 0 saturated heterocycles. The SMILES string of the molecule is C=C(CCc1ccc(C)cc1)C1=CC2=CC=CC(C)C=C2C1. The van der Waals surface area contributed by atoms with Crippen LogP contribution in [0.2, 0.25) is 0 Å². The Hall–Kier alpha value is -2.08. The lowest BCUT2D eigenvalue weighted by Gasteiger charge is -2.08. The maximum atomic E-state index is 4.33. The topological polar surface area (TPSA) is 0 Å². The van der Waals surface area contributed by atoms with Gasteiger partial charge < -0.3 is 0 Å². The van der Waals surface area contributed by atoms with Crippen LogP contribution in [-0.2, 0) is 6.42 Å². The van der Waals surface area contributed by atoms with E-state index < -0.39 is 0 Å². The van der Waals surface area contributed by atoms with Gasteiger partial charge in [0.25, 0.3) is 0 Å². The zero-order chi connectivity index (χ0) is 15.5. The van der Waals surface area contributed by atoms with E-state index in [-0.39, 0.29) is 0 Å². The third kappa shape index (κ3) is 3.39. The average molecular weight is 288 g/mol. The van der Waals surface area contributed by atoms with Gasteiger partial charge in [0, 0.05) is 0 Å². The smallest absolute Gasteiger partial charge is 0.00200 e. The summed E-state index contributed by atoms with van der Waals surface area (Å²) in [7, 11) is 0. The Morgan fingerprint density at radius 2 is 2.00 bits per heavy atom. The van der Waals surface area contributed by atoms with Crippen molar-refractivity contribution in [3.63, 3.8) is 0 Å². The third-order valence-electron chi connectivity index (χ3n) is 4.53. The van der Waals surface area contributed by atoms with Crippen molar-refractivity contribution in [2.24, 2.45) is 5.92 Å². The lowest BCUT2D eigenvalue weighted by molar-refractivity contribution is 0.917. The van der Waals surface area contributed by atoms with Crippen LogP contribution in [0.5, 0.6) is 0 Å². The molecule has 112 valence electrons. The van der Waals surface area contributed by atoms with E-state index in [2.05, 4.69) is 75.1 Å². The van der Waals surface area contributed by atoms with E-state index in [1.54, 1.807) is 0 Å². The first-order chi connectivity index (χ1) is 10.6. The monoisotopic (exact) mass is 288 g/mol. The largest absolute Gasteiger partial charge is 0.0955 e. The standard InChI is InChI=1S/C22H24/c1-16-7-10-19(11-8-16)12-9-18(3)21-14-20-6-4-5-17(2)13-22(20)15-21/h4-8,10-11,13-14,17H,3,9,12,15H2,1-2H3. The highest BCUT2D eigenvalue weighted by Crippen LogP contribution is 2.36. The molecule has 0 saturated carbocycles. The second-order valence-corrected chi connectivity index (χ2v) is 6.49. The summed E-state index contributed by atoms with van der Waals surface area (Å²) >= 11 is 0. The molecule has 1 unspecified atom stereocenters. The molecule has 1 aromatic rings. The van der Waals surface area contributed by atoms with Gasteiger partial charge in [0.05, 0.1) is 0 Å². The number of fused-ring (bicyclic) bond motifs is 1. The zero-order valence-electron chi connectivity index (χ0n) is 13.6. The molecule has 0 amide bonds. The number of benzene rings is 1. The summed E-state index contributed by atoms with van der Waals surface area (Å²) in [6.45, 7) is 8.70. The van der Waals surface area contributed by atoms with Crippen LogP contribution in [0.1, 0.15) is 30.9 Å². The molecule has 0 nitrogen and oxygen atoms in total. The van der Waals surface area contributed by atoms with Crippen molar-refractivity contribution < 1.29 is 0 Å². The molecular formula is C22H24. The van der Waals surface area contributed by atoms with E-state index >= 15 is 0 Å². The minimum absolute atomic E-state index is 0.525. The van der Waals surface area contributed by atoms with Gasteiger partial charge in [0.15, 0.2) is 0 Å². The maximum absolute atomic E-state index is 4.33. The van der Waals surface area contributed by atoms with Gasteiger partial charge in [0.1, 0.15) is 0 Å². The van der Waals surface area contributed by atoms with Crippen LogP contribution in [0.3, 0.4) is 0 Å². The summed E-state index contributed by atoms with van der Waals surface area (Å²) < 4.78 is 0. The fraction of sp³-hybridized carbons (Fsp3) is 0.273. The Kier molecular flexibility index (Phi) is 4.29. The number of allylic oxidation sites excluding steroid dienone is 9. The van der Waals surface area contributed by atoms with Gasteiger partial charge in [-0.1, -0.05) is 79.3 Å². The first-order valence-corrected chi connectivity index (χ1v) is 8.15. The van der Waals surface area contributed by atoms with Crippen molar-refractivity contribution in [1.29, 1.82) is 0 Å². The van der Waals surface area contributed by atoms with Crippen LogP contribution in [0.15, 0.2) is 83.5 Å². The number of hydrogen-bond acceptors (Lipinski definition) is 0. The molecule has 1 aromatic carbocycles. The van der Waals surface area contributed by atoms with Crippen molar-refractivity contribution in [1.82, 2.24) is 0 Å². The van der Waals surface area contributed by atoms with E-state index in [0.717, 1.165) is 19.3 Å². The molecule has 3 rings (SSSR count). The first-order valence-electron chi connectivity index (χ1n) is 8.15. The molecule has 0 heteroatoms. The van der Waals surface area contributed by atoms with Gasteiger partial charge in [-0.25, -0.2) is 0 Å². The normalized spacial score (nSPS) is 19.9. The number of hydrogen-bond donors (Lipinski definition) is 0. The molecule has 22 heavy (non-hydrogen) atoms.